The molecule has 0 aliphatic carbocycles. The van der Waals surface area contributed by atoms with Gasteiger partial charge in [0.15, 0.2) is 11.5 Å². The molecule has 0 bridgehead atoms. The van der Waals surface area contributed by atoms with Gasteiger partial charge >= 0.3 is 0 Å². The third-order valence-electron chi connectivity index (χ3n) is 2.48. The highest BCUT2D eigenvalue weighted by Crippen LogP contribution is 2.26. The van der Waals surface area contributed by atoms with Crippen molar-refractivity contribution >= 4 is 16.7 Å². The van der Waals surface area contributed by atoms with Gasteiger partial charge in [0, 0.05) is 12.5 Å². The van der Waals surface area contributed by atoms with E-state index in [1.807, 2.05) is 78.0 Å². The van der Waals surface area contributed by atoms with E-state index in [9.17, 15) is 0 Å². The van der Waals surface area contributed by atoms with Gasteiger partial charge in [0.2, 0.25) is 0 Å². The number of rotatable bonds is 3. The predicted octanol–water partition coefficient (Wildman–Crippen LogP) is 6.33. The number of hydrogen-bond donors (Lipinski definition) is 0. The van der Waals surface area contributed by atoms with Crippen LogP contribution in [0.1, 0.15) is 46.1 Å². The summed E-state index contributed by atoms with van der Waals surface area (Å²) in [6.07, 6.45) is 7.79. The van der Waals surface area contributed by atoms with E-state index in [2.05, 4.69) is 11.6 Å². The molecule has 0 spiro atoms. The van der Waals surface area contributed by atoms with Gasteiger partial charge in [-0.25, -0.2) is 4.98 Å². The minimum Gasteiger partial charge on any atom is -0.441 e. The van der Waals surface area contributed by atoms with Crippen molar-refractivity contribution in [2.24, 2.45) is 0 Å². The number of aryl methyl sites for hydroxylation is 1. The molecule has 0 atom stereocenters. The van der Waals surface area contributed by atoms with Gasteiger partial charge in [0.1, 0.15) is 5.52 Å². The van der Waals surface area contributed by atoms with Crippen molar-refractivity contribution in [2.45, 2.75) is 41.5 Å². The zero-order valence-electron chi connectivity index (χ0n) is 14.1. The molecule has 0 saturated carbocycles. The molecule has 2 aromatic rings. The highest BCUT2D eigenvalue weighted by Gasteiger charge is 2.08. The Hall–Kier alpha value is -2.09. The number of allylic oxidation sites excluding steroid dienone is 5. The number of hydrogen-bond acceptors (Lipinski definition) is 2. The molecule has 2 heteroatoms. The first-order valence-electron chi connectivity index (χ1n) is 7.58. The van der Waals surface area contributed by atoms with Gasteiger partial charge in [0.05, 0.1) is 0 Å². The van der Waals surface area contributed by atoms with Crippen LogP contribution >= 0.6 is 0 Å². The third-order valence-corrected chi connectivity index (χ3v) is 2.48. The van der Waals surface area contributed by atoms with Crippen LogP contribution in [-0.4, -0.2) is 4.98 Å². The third kappa shape index (κ3) is 5.07. The highest BCUT2D eigenvalue weighted by molar-refractivity contribution is 5.91. The number of nitrogens with zero attached hydrogens (tertiary/aromatic N) is 1. The van der Waals surface area contributed by atoms with E-state index in [-0.39, 0.29) is 0 Å². The summed E-state index contributed by atoms with van der Waals surface area (Å²) in [7, 11) is 0. The second kappa shape index (κ2) is 10.7. The molecule has 0 fully saturated rings. The predicted molar refractivity (Wildman–Crippen MR) is 94.4 cm³/mol. The van der Waals surface area contributed by atoms with E-state index < -0.39 is 0 Å². The Morgan fingerprint density at radius 2 is 1.86 bits per heavy atom. The Labute approximate surface area is 128 Å². The van der Waals surface area contributed by atoms with Crippen molar-refractivity contribution in [2.75, 3.05) is 0 Å². The van der Waals surface area contributed by atoms with Crippen LogP contribution in [-0.2, 0) is 0 Å². The molecular weight excluding hydrogens is 258 g/mol. The van der Waals surface area contributed by atoms with E-state index >= 15 is 0 Å². The van der Waals surface area contributed by atoms with Crippen molar-refractivity contribution in [1.29, 1.82) is 0 Å². The number of oxazole rings is 1. The average molecular weight is 285 g/mol. The maximum absolute atomic E-state index is 5.53. The van der Waals surface area contributed by atoms with Gasteiger partial charge in [-0.15, -0.1) is 0 Å². The summed E-state index contributed by atoms with van der Waals surface area (Å²) in [5, 5.41) is 0. The molecule has 114 valence electrons. The van der Waals surface area contributed by atoms with Crippen LogP contribution in [0.2, 0.25) is 0 Å². The first kappa shape index (κ1) is 18.9. The molecular formula is C19H27NO. The fraction of sp³-hybridized carbons (Fsp3) is 0.316. The lowest BCUT2D eigenvalue weighted by Gasteiger charge is -2.01. The van der Waals surface area contributed by atoms with Gasteiger partial charge < -0.3 is 4.42 Å². The number of benzene rings is 1. The van der Waals surface area contributed by atoms with Crippen molar-refractivity contribution in [3.05, 3.63) is 60.5 Å². The second-order valence-electron chi connectivity index (χ2n) is 3.74. The van der Waals surface area contributed by atoms with Gasteiger partial charge in [-0.05, 0) is 18.6 Å². The molecule has 0 amide bonds. The molecule has 1 aromatic heterocycles. The fourth-order valence-electron chi connectivity index (χ4n) is 1.83. The Morgan fingerprint density at radius 3 is 2.43 bits per heavy atom. The van der Waals surface area contributed by atoms with Crippen LogP contribution in [0.4, 0.5) is 0 Å². The highest BCUT2D eigenvalue weighted by atomic mass is 16.3. The van der Waals surface area contributed by atoms with Crippen LogP contribution in [0.15, 0.2) is 53.5 Å². The van der Waals surface area contributed by atoms with Crippen LogP contribution in [0.25, 0.3) is 16.7 Å². The lowest BCUT2D eigenvalue weighted by atomic mass is 10.0. The normalized spacial score (nSPS) is 10.7. The number of para-hydroxylation sites is 1. The average Bonchev–Trinajstić information content (AvgIpc) is 2.91. The van der Waals surface area contributed by atoms with E-state index in [0.29, 0.717) is 5.89 Å². The van der Waals surface area contributed by atoms with Gasteiger partial charge in [0.25, 0.3) is 0 Å². The topological polar surface area (TPSA) is 26.0 Å². The number of aromatic nitrogens is 1. The standard InChI is InChI=1S/C15H15NO.2C2H6/c1-4-7-12(8-5-2)13-9-6-10-14-15(13)16-11(3)17-14;2*1-2/h4-10H,1H2,2-3H3;2*1-2H3/b8-5-,12-7+;;. The molecule has 0 aliphatic heterocycles. The van der Waals surface area contributed by atoms with Crippen molar-refractivity contribution in [1.82, 2.24) is 4.98 Å². The van der Waals surface area contributed by atoms with Crippen LogP contribution in [0.5, 0.6) is 0 Å². The molecule has 2 rings (SSSR count). The Bertz CT molecular complexity index is 603. The molecule has 0 radical (unpaired) electrons. The SMILES string of the molecule is C=C/C=C(\C=C/C)c1cccc2oc(C)nc12.CC.CC. The van der Waals surface area contributed by atoms with E-state index in [0.717, 1.165) is 22.2 Å². The zero-order chi connectivity index (χ0) is 16.3. The van der Waals surface area contributed by atoms with E-state index in [1.165, 1.54) is 0 Å². The Balaban J connectivity index is 0.000000921. The summed E-state index contributed by atoms with van der Waals surface area (Å²) >= 11 is 0. The summed E-state index contributed by atoms with van der Waals surface area (Å²) in [5.74, 6) is 0.686. The van der Waals surface area contributed by atoms with Gasteiger partial charge in [-0.3, -0.25) is 0 Å². The Kier molecular flexibility index (Phi) is 9.61. The van der Waals surface area contributed by atoms with Gasteiger partial charge in [-0.2, -0.15) is 0 Å². The molecule has 21 heavy (non-hydrogen) atoms. The maximum atomic E-state index is 5.53. The maximum Gasteiger partial charge on any atom is 0.192 e. The lowest BCUT2D eigenvalue weighted by Crippen LogP contribution is -1.83. The van der Waals surface area contributed by atoms with Crippen molar-refractivity contribution in [3.63, 3.8) is 0 Å². The van der Waals surface area contributed by atoms with E-state index in [4.69, 9.17) is 4.42 Å². The summed E-state index contributed by atoms with van der Waals surface area (Å²) < 4.78 is 5.53. The summed E-state index contributed by atoms with van der Waals surface area (Å²) in [6.45, 7) is 15.6. The molecule has 1 aromatic carbocycles. The van der Waals surface area contributed by atoms with Gasteiger partial charge in [-0.1, -0.05) is 70.7 Å². The first-order chi connectivity index (χ1) is 10.3. The van der Waals surface area contributed by atoms with Crippen LogP contribution in [0.3, 0.4) is 0 Å². The first-order valence-corrected chi connectivity index (χ1v) is 7.58. The van der Waals surface area contributed by atoms with Crippen molar-refractivity contribution in [3.8, 4) is 0 Å². The lowest BCUT2D eigenvalue weighted by molar-refractivity contribution is 0.561. The monoisotopic (exact) mass is 285 g/mol. The van der Waals surface area contributed by atoms with Crippen molar-refractivity contribution < 1.29 is 4.42 Å². The minimum absolute atomic E-state index is 0.686. The fourth-order valence-corrected chi connectivity index (χ4v) is 1.83. The molecule has 0 N–H and O–H groups in total. The molecule has 0 saturated heterocycles. The molecule has 0 aliphatic rings. The van der Waals surface area contributed by atoms with E-state index in [1.54, 1.807) is 6.08 Å². The molecule has 2 nitrogen and oxygen atoms in total. The smallest absolute Gasteiger partial charge is 0.192 e. The quantitative estimate of drug-likeness (QED) is 0.615. The number of fused-ring (bicyclic) bond motifs is 1. The molecule has 1 heterocycles. The largest absolute Gasteiger partial charge is 0.441 e. The second-order valence-corrected chi connectivity index (χ2v) is 3.74. The minimum atomic E-state index is 0.686. The zero-order valence-corrected chi connectivity index (χ0v) is 14.1. The summed E-state index contributed by atoms with van der Waals surface area (Å²) in [4.78, 5) is 4.42. The van der Waals surface area contributed by atoms with Crippen LogP contribution in [0, 0.1) is 6.92 Å². The van der Waals surface area contributed by atoms with Crippen LogP contribution < -0.4 is 0 Å². The molecule has 0 unspecified atom stereocenters. The summed E-state index contributed by atoms with van der Waals surface area (Å²) in [5.41, 5.74) is 3.87. The summed E-state index contributed by atoms with van der Waals surface area (Å²) in [6, 6.07) is 5.95. The Morgan fingerprint density at radius 1 is 1.19 bits per heavy atom.